The van der Waals surface area contributed by atoms with Crippen LogP contribution >= 0.6 is 0 Å². The van der Waals surface area contributed by atoms with Crippen molar-refractivity contribution >= 4 is 23.3 Å². The molecule has 1 aromatic heterocycles. The van der Waals surface area contributed by atoms with E-state index in [9.17, 15) is 9.59 Å². The molecule has 9 nitrogen and oxygen atoms in total. The molecule has 1 fully saturated rings. The molecule has 0 aliphatic heterocycles. The van der Waals surface area contributed by atoms with E-state index < -0.39 is 0 Å². The summed E-state index contributed by atoms with van der Waals surface area (Å²) in [6, 6.07) is 6.56. The van der Waals surface area contributed by atoms with Gasteiger partial charge in [0.25, 0.3) is 0 Å². The molecule has 2 aromatic rings. The molecule has 0 atom stereocenters. The van der Waals surface area contributed by atoms with E-state index in [1.165, 1.54) is 18.4 Å². The van der Waals surface area contributed by atoms with Gasteiger partial charge in [0.15, 0.2) is 5.82 Å². The molecule has 1 saturated carbocycles. The van der Waals surface area contributed by atoms with Crippen LogP contribution in [0.25, 0.3) is 0 Å². The van der Waals surface area contributed by atoms with Gasteiger partial charge in [-0.3, -0.25) is 4.79 Å². The summed E-state index contributed by atoms with van der Waals surface area (Å²) >= 11 is 0. The van der Waals surface area contributed by atoms with Gasteiger partial charge in [0.2, 0.25) is 11.8 Å². The number of ether oxygens (including phenoxy) is 1. The number of urea groups is 1. The summed E-state index contributed by atoms with van der Waals surface area (Å²) in [4.78, 5) is 29.8. The quantitative estimate of drug-likeness (QED) is 0.772. The highest BCUT2D eigenvalue weighted by Crippen LogP contribution is 2.35. The van der Waals surface area contributed by atoms with Gasteiger partial charge in [0.05, 0.1) is 6.54 Å². The summed E-state index contributed by atoms with van der Waals surface area (Å²) in [6.45, 7) is 0.208. The molecule has 0 saturated heterocycles. The summed E-state index contributed by atoms with van der Waals surface area (Å²) in [7, 11) is 3.10. The zero-order valence-electron chi connectivity index (χ0n) is 15.4. The fraction of sp³-hybridized carbons (Fsp3) is 0.444. The Morgan fingerprint density at radius 1 is 1.30 bits per heavy atom. The van der Waals surface area contributed by atoms with Crippen molar-refractivity contribution in [1.29, 1.82) is 0 Å². The number of anilines is 2. The molecular weight excluding hydrogens is 350 g/mol. The summed E-state index contributed by atoms with van der Waals surface area (Å²) in [5.74, 6) is 1.23. The monoisotopic (exact) mass is 373 g/mol. The first kappa shape index (κ1) is 18.8. The molecule has 1 aromatic carbocycles. The Labute approximate surface area is 157 Å². The Kier molecular flexibility index (Phi) is 6.02. The molecule has 0 spiro atoms. The van der Waals surface area contributed by atoms with Gasteiger partial charge in [-0.15, -0.1) is 0 Å². The van der Waals surface area contributed by atoms with Gasteiger partial charge < -0.3 is 24.8 Å². The second-order valence-electron chi connectivity index (χ2n) is 6.52. The van der Waals surface area contributed by atoms with Gasteiger partial charge >= 0.3 is 6.03 Å². The first-order valence-electron chi connectivity index (χ1n) is 8.78. The predicted molar refractivity (Wildman–Crippen MR) is 98.3 cm³/mol. The maximum Gasteiger partial charge on any atom is 0.321 e. The van der Waals surface area contributed by atoms with E-state index in [1.807, 2.05) is 0 Å². The highest BCUT2D eigenvalue weighted by molar-refractivity contribution is 5.94. The predicted octanol–water partition coefficient (Wildman–Crippen LogP) is 2.59. The number of methoxy groups -OCH3 is 1. The zero-order chi connectivity index (χ0) is 19.2. The average molecular weight is 373 g/mol. The number of nitrogens with one attached hydrogen (secondary N) is 2. The Balaban J connectivity index is 1.54. The van der Waals surface area contributed by atoms with Crippen molar-refractivity contribution in [2.45, 2.75) is 31.7 Å². The van der Waals surface area contributed by atoms with E-state index in [2.05, 4.69) is 20.8 Å². The van der Waals surface area contributed by atoms with Crippen LogP contribution in [0, 0.1) is 0 Å². The van der Waals surface area contributed by atoms with Crippen LogP contribution in [0.5, 0.6) is 0 Å². The Morgan fingerprint density at radius 3 is 2.70 bits per heavy atom. The van der Waals surface area contributed by atoms with Crippen molar-refractivity contribution in [1.82, 2.24) is 15.0 Å². The van der Waals surface area contributed by atoms with E-state index in [-0.39, 0.29) is 25.1 Å². The molecule has 9 heteroatoms. The average Bonchev–Trinajstić information content (AvgIpc) is 3.01. The van der Waals surface area contributed by atoms with Crippen LogP contribution in [0.2, 0.25) is 0 Å². The van der Waals surface area contributed by atoms with Gasteiger partial charge in [-0.1, -0.05) is 17.6 Å². The van der Waals surface area contributed by atoms with Crippen LogP contribution in [-0.2, 0) is 16.1 Å². The third-order valence-electron chi connectivity index (χ3n) is 4.34. The molecular formula is C18H23N5O4. The van der Waals surface area contributed by atoms with Crippen LogP contribution < -0.4 is 10.6 Å². The lowest BCUT2D eigenvalue weighted by atomic mass is 9.85. The maximum atomic E-state index is 12.4. The molecule has 3 rings (SSSR count). The Hall–Kier alpha value is -2.94. The molecule has 0 unspecified atom stereocenters. The van der Waals surface area contributed by atoms with Crippen molar-refractivity contribution in [2.75, 3.05) is 31.4 Å². The lowest BCUT2D eigenvalue weighted by molar-refractivity contribution is -0.119. The van der Waals surface area contributed by atoms with Gasteiger partial charge in [-0.2, -0.15) is 4.98 Å². The normalized spacial score (nSPS) is 13.7. The van der Waals surface area contributed by atoms with Crippen LogP contribution in [0.4, 0.5) is 16.2 Å². The van der Waals surface area contributed by atoms with Crippen LogP contribution in [-0.4, -0.2) is 47.7 Å². The molecule has 27 heavy (non-hydrogen) atoms. The Morgan fingerprint density at radius 2 is 2.04 bits per heavy atom. The number of nitrogens with zero attached hydrogens (tertiary/aromatic N) is 3. The summed E-state index contributed by atoms with van der Waals surface area (Å²) in [5, 5.41) is 9.41. The fourth-order valence-electron chi connectivity index (χ4n) is 2.66. The van der Waals surface area contributed by atoms with Crippen molar-refractivity contribution in [3.05, 3.63) is 36.0 Å². The minimum absolute atomic E-state index is 0.0349. The lowest BCUT2D eigenvalue weighted by Crippen LogP contribution is -2.31. The smallest absolute Gasteiger partial charge is 0.321 e. The molecule has 2 N–H and O–H groups in total. The zero-order valence-corrected chi connectivity index (χ0v) is 15.4. The van der Waals surface area contributed by atoms with Gasteiger partial charge in [0, 0.05) is 31.5 Å². The first-order chi connectivity index (χ1) is 13.0. The van der Waals surface area contributed by atoms with Crippen molar-refractivity contribution in [2.24, 2.45) is 0 Å². The molecule has 1 aliphatic rings. The lowest BCUT2D eigenvalue weighted by Gasteiger charge is -2.20. The highest BCUT2D eigenvalue weighted by atomic mass is 16.5. The number of benzene rings is 1. The summed E-state index contributed by atoms with van der Waals surface area (Å²) in [5.41, 5.74) is 1.13. The number of amides is 3. The number of hydrogen-bond acceptors (Lipinski definition) is 6. The second kappa shape index (κ2) is 8.63. The van der Waals surface area contributed by atoms with Crippen molar-refractivity contribution in [3.8, 4) is 0 Å². The summed E-state index contributed by atoms with van der Waals surface area (Å²) in [6.07, 6.45) is 3.35. The number of carbonyl (C=O) groups excluding carboxylic acids is 2. The van der Waals surface area contributed by atoms with Gasteiger partial charge in [-0.25, -0.2) is 4.79 Å². The van der Waals surface area contributed by atoms with E-state index in [0.29, 0.717) is 29.0 Å². The maximum absolute atomic E-state index is 12.4. The third-order valence-corrected chi connectivity index (χ3v) is 4.34. The topological polar surface area (TPSA) is 110 Å². The van der Waals surface area contributed by atoms with E-state index in [0.717, 1.165) is 12.8 Å². The summed E-state index contributed by atoms with van der Waals surface area (Å²) < 4.78 is 10.0. The van der Waals surface area contributed by atoms with Crippen LogP contribution in [0.3, 0.4) is 0 Å². The number of carbonyl (C=O) groups is 2. The largest absolute Gasteiger partial charge is 0.375 e. The van der Waals surface area contributed by atoms with Crippen molar-refractivity contribution < 1.29 is 18.8 Å². The Bertz CT molecular complexity index is 803. The van der Waals surface area contributed by atoms with Gasteiger partial charge in [-0.05, 0) is 31.0 Å². The molecule has 3 amide bonds. The third kappa shape index (κ3) is 5.04. The minimum Gasteiger partial charge on any atom is -0.375 e. The molecule has 1 heterocycles. The molecule has 0 radical (unpaired) electrons. The highest BCUT2D eigenvalue weighted by Gasteiger charge is 2.25. The molecule has 144 valence electrons. The first-order valence-corrected chi connectivity index (χ1v) is 8.78. The minimum atomic E-state index is -0.314. The molecule has 0 bridgehead atoms. The van der Waals surface area contributed by atoms with E-state index >= 15 is 0 Å². The SMILES string of the molecule is COCC(=O)Nc1cccc(NC(=O)N(C)Cc2noc(C3CCC3)n2)c1. The van der Waals surface area contributed by atoms with Gasteiger partial charge in [0.1, 0.15) is 6.61 Å². The van der Waals surface area contributed by atoms with E-state index in [4.69, 9.17) is 9.26 Å². The van der Waals surface area contributed by atoms with Crippen LogP contribution in [0.1, 0.15) is 36.9 Å². The second-order valence-corrected chi connectivity index (χ2v) is 6.52. The number of rotatable bonds is 7. The van der Waals surface area contributed by atoms with E-state index in [1.54, 1.807) is 31.3 Å². The van der Waals surface area contributed by atoms with Crippen molar-refractivity contribution in [3.63, 3.8) is 0 Å². The molecule has 1 aliphatic carbocycles. The number of aromatic nitrogens is 2. The standard InChI is InChI=1S/C18H23N5O4/c1-23(10-15-21-17(27-22-15)12-5-3-6-12)18(25)20-14-8-4-7-13(9-14)19-16(24)11-26-2/h4,7-9,12H,3,5-6,10-11H2,1-2H3,(H,19,24)(H,20,25). The number of hydrogen-bond donors (Lipinski definition) is 2. The fourth-order valence-corrected chi connectivity index (χ4v) is 2.66. The van der Waals surface area contributed by atoms with Crippen LogP contribution in [0.15, 0.2) is 28.8 Å².